The van der Waals surface area contributed by atoms with Gasteiger partial charge in [-0.3, -0.25) is 9.48 Å². The highest BCUT2D eigenvalue weighted by Crippen LogP contribution is 2.09. The molecule has 0 bridgehead atoms. The van der Waals surface area contributed by atoms with Gasteiger partial charge in [-0.05, 0) is 13.8 Å². The van der Waals surface area contributed by atoms with Crippen molar-refractivity contribution in [1.29, 1.82) is 0 Å². The first kappa shape index (κ1) is 16.5. The Kier molecular flexibility index (Phi) is 5.70. The van der Waals surface area contributed by atoms with E-state index >= 15 is 0 Å². The second kappa shape index (κ2) is 7.27. The van der Waals surface area contributed by atoms with E-state index in [0.717, 1.165) is 7.11 Å². The Labute approximate surface area is 121 Å². The molecule has 1 atom stereocenters. The number of carboxylic acid groups (broad SMARTS) is 1. The van der Waals surface area contributed by atoms with Crippen molar-refractivity contribution in [3.63, 3.8) is 0 Å². The summed E-state index contributed by atoms with van der Waals surface area (Å²) in [4.78, 5) is 33.7. The van der Waals surface area contributed by atoms with Crippen molar-refractivity contribution in [1.82, 2.24) is 15.1 Å². The first-order valence-electron chi connectivity index (χ1n) is 6.24. The summed E-state index contributed by atoms with van der Waals surface area (Å²) in [5.41, 5.74) is 0.420. The number of aromatic nitrogens is 2. The first-order valence-corrected chi connectivity index (χ1v) is 6.24. The summed E-state index contributed by atoms with van der Waals surface area (Å²) < 4.78 is 6.01. The van der Waals surface area contributed by atoms with E-state index in [1.807, 2.05) is 13.8 Å². The normalized spacial score (nSPS) is 11.8. The molecule has 0 saturated carbocycles. The molecule has 1 heterocycles. The zero-order valence-electron chi connectivity index (χ0n) is 12.0. The summed E-state index contributed by atoms with van der Waals surface area (Å²) in [6.07, 6.45) is 2.60. The number of urea groups is 1. The number of carbonyl (C=O) groups is 3. The smallest absolute Gasteiger partial charge is 0.326 e. The van der Waals surface area contributed by atoms with Crippen LogP contribution in [0.5, 0.6) is 0 Å². The van der Waals surface area contributed by atoms with Crippen LogP contribution in [-0.4, -0.2) is 46.0 Å². The van der Waals surface area contributed by atoms with Crippen LogP contribution < -0.4 is 10.6 Å². The van der Waals surface area contributed by atoms with E-state index < -0.39 is 30.4 Å². The number of amides is 2. The Morgan fingerprint density at radius 2 is 2.10 bits per heavy atom. The number of hydrogen-bond acceptors (Lipinski definition) is 5. The number of methoxy groups -OCH3 is 1. The Morgan fingerprint density at radius 1 is 1.43 bits per heavy atom. The molecule has 1 aromatic rings. The molecule has 0 fully saturated rings. The number of nitrogens with zero attached hydrogens (tertiary/aromatic N) is 2. The zero-order chi connectivity index (χ0) is 16.0. The lowest BCUT2D eigenvalue weighted by atomic mass is 10.2. The van der Waals surface area contributed by atoms with E-state index in [1.165, 1.54) is 6.20 Å². The van der Waals surface area contributed by atoms with Gasteiger partial charge in [0.25, 0.3) is 0 Å². The van der Waals surface area contributed by atoms with Gasteiger partial charge >= 0.3 is 18.0 Å². The van der Waals surface area contributed by atoms with Crippen LogP contribution in [0, 0.1) is 0 Å². The Bertz CT molecular complexity index is 525. The molecular formula is C12H18N4O5. The maximum atomic E-state index is 11.7. The van der Waals surface area contributed by atoms with Gasteiger partial charge < -0.3 is 20.5 Å². The predicted octanol–water partition coefficient (Wildman–Crippen LogP) is 0.602. The molecule has 0 radical (unpaired) electrons. The van der Waals surface area contributed by atoms with Crippen LogP contribution in [0.1, 0.15) is 26.3 Å². The highest BCUT2D eigenvalue weighted by Gasteiger charge is 2.23. The molecule has 3 N–H and O–H groups in total. The molecule has 21 heavy (non-hydrogen) atoms. The second-order valence-corrected chi connectivity index (χ2v) is 4.57. The average molecular weight is 298 g/mol. The van der Waals surface area contributed by atoms with Crippen molar-refractivity contribution in [3.8, 4) is 0 Å². The van der Waals surface area contributed by atoms with Gasteiger partial charge in [0.15, 0.2) is 0 Å². The van der Waals surface area contributed by atoms with E-state index in [4.69, 9.17) is 5.11 Å². The van der Waals surface area contributed by atoms with Crippen LogP contribution in [0.25, 0.3) is 0 Å². The molecule has 1 aromatic heterocycles. The summed E-state index contributed by atoms with van der Waals surface area (Å²) in [5.74, 6) is -2.05. The van der Waals surface area contributed by atoms with Crippen LogP contribution in [0.3, 0.4) is 0 Å². The molecule has 0 aliphatic heterocycles. The lowest BCUT2D eigenvalue weighted by Gasteiger charge is -2.13. The van der Waals surface area contributed by atoms with Gasteiger partial charge in [0.05, 0.1) is 25.4 Å². The molecule has 0 aliphatic carbocycles. The van der Waals surface area contributed by atoms with Gasteiger partial charge in [0.1, 0.15) is 6.04 Å². The number of carbonyl (C=O) groups excluding carboxylic acids is 2. The molecule has 9 heteroatoms. The fourth-order valence-electron chi connectivity index (χ4n) is 1.46. The van der Waals surface area contributed by atoms with E-state index in [9.17, 15) is 14.4 Å². The summed E-state index contributed by atoms with van der Waals surface area (Å²) in [7, 11) is 1.14. The average Bonchev–Trinajstić information content (AvgIpc) is 2.86. The van der Waals surface area contributed by atoms with Crippen molar-refractivity contribution in [2.24, 2.45) is 0 Å². The second-order valence-electron chi connectivity index (χ2n) is 4.57. The number of carboxylic acids is 1. The minimum Gasteiger partial charge on any atom is -0.480 e. The third-order valence-corrected chi connectivity index (χ3v) is 2.59. The molecule has 2 amide bonds. The molecule has 0 spiro atoms. The summed E-state index contributed by atoms with van der Waals surface area (Å²) in [5, 5.41) is 17.6. The van der Waals surface area contributed by atoms with Gasteiger partial charge in [0, 0.05) is 12.2 Å². The fourth-order valence-corrected chi connectivity index (χ4v) is 1.46. The van der Waals surface area contributed by atoms with Crippen LogP contribution in [0.4, 0.5) is 10.5 Å². The van der Waals surface area contributed by atoms with Gasteiger partial charge in [-0.2, -0.15) is 5.10 Å². The third-order valence-electron chi connectivity index (χ3n) is 2.59. The number of aliphatic carboxylic acids is 1. The topological polar surface area (TPSA) is 123 Å². The molecule has 0 unspecified atom stereocenters. The minimum absolute atomic E-state index is 0.134. The van der Waals surface area contributed by atoms with Crippen LogP contribution in [0.15, 0.2) is 12.4 Å². The number of rotatable bonds is 6. The SMILES string of the molecule is COC(=O)C[C@H](NC(=O)Nc1cnn(C(C)C)c1)C(=O)O. The monoisotopic (exact) mass is 298 g/mol. The van der Waals surface area contributed by atoms with E-state index in [0.29, 0.717) is 5.69 Å². The lowest BCUT2D eigenvalue weighted by molar-refractivity contribution is -0.147. The largest absolute Gasteiger partial charge is 0.480 e. The molecule has 1 rings (SSSR count). The van der Waals surface area contributed by atoms with Gasteiger partial charge in [-0.15, -0.1) is 0 Å². The van der Waals surface area contributed by atoms with E-state index in [2.05, 4.69) is 20.5 Å². The van der Waals surface area contributed by atoms with Crippen molar-refractivity contribution in [3.05, 3.63) is 12.4 Å². The van der Waals surface area contributed by atoms with Crippen molar-refractivity contribution in [2.75, 3.05) is 12.4 Å². The number of esters is 1. The molecule has 9 nitrogen and oxygen atoms in total. The quantitative estimate of drug-likeness (QED) is 0.661. The Hall–Kier alpha value is -2.58. The molecule has 0 aromatic carbocycles. The minimum atomic E-state index is -1.36. The highest BCUT2D eigenvalue weighted by atomic mass is 16.5. The Balaban J connectivity index is 2.60. The highest BCUT2D eigenvalue weighted by molar-refractivity contribution is 5.93. The van der Waals surface area contributed by atoms with Crippen molar-refractivity contribution < 1.29 is 24.2 Å². The molecular weight excluding hydrogens is 280 g/mol. The van der Waals surface area contributed by atoms with Crippen molar-refractivity contribution >= 4 is 23.7 Å². The van der Waals surface area contributed by atoms with Gasteiger partial charge in [-0.25, -0.2) is 9.59 Å². The number of nitrogens with one attached hydrogen (secondary N) is 2. The van der Waals surface area contributed by atoms with E-state index in [-0.39, 0.29) is 6.04 Å². The van der Waals surface area contributed by atoms with Crippen LogP contribution in [-0.2, 0) is 14.3 Å². The first-order chi connectivity index (χ1) is 9.83. The summed E-state index contributed by atoms with van der Waals surface area (Å²) in [6.45, 7) is 3.85. The standard InChI is InChI=1S/C12H18N4O5/c1-7(2)16-6-8(5-13-16)14-12(20)15-9(11(18)19)4-10(17)21-3/h5-7,9H,4H2,1-3H3,(H,18,19)(H2,14,15,20)/t9-/m0/s1. The maximum Gasteiger partial charge on any atom is 0.326 e. The van der Waals surface area contributed by atoms with E-state index in [1.54, 1.807) is 10.9 Å². The number of ether oxygens (including phenoxy) is 1. The molecule has 116 valence electrons. The summed E-state index contributed by atoms with van der Waals surface area (Å²) in [6, 6.07) is -1.97. The maximum absolute atomic E-state index is 11.7. The predicted molar refractivity (Wildman–Crippen MR) is 72.8 cm³/mol. The Morgan fingerprint density at radius 3 is 2.57 bits per heavy atom. The lowest BCUT2D eigenvalue weighted by Crippen LogP contribution is -2.44. The molecule has 0 saturated heterocycles. The zero-order valence-corrected chi connectivity index (χ0v) is 12.0. The molecule has 0 aliphatic rings. The number of anilines is 1. The number of hydrogen-bond donors (Lipinski definition) is 3. The third kappa shape index (κ3) is 5.13. The summed E-state index contributed by atoms with van der Waals surface area (Å²) >= 11 is 0. The van der Waals surface area contributed by atoms with Crippen LogP contribution >= 0.6 is 0 Å². The van der Waals surface area contributed by atoms with Crippen molar-refractivity contribution in [2.45, 2.75) is 32.4 Å². The van der Waals surface area contributed by atoms with Gasteiger partial charge in [0.2, 0.25) is 0 Å². The van der Waals surface area contributed by atoms with Gasteiger partial charge in [-0.1, -0.05) is 0 Å². The fraction of sp³-hybridized carbons (Fsp3) is 0.500. The van der Waals surface area contributed by atoms with Crippen LogP contribution in [0.2, 0.25) is 0 Å².